The van der Waals surface area contributed by atoms with E-state index in [-0.39, 0.29) is 131 Å². The van der Waals surface area contributed by atoms with Crippen LogP contribution >= 0.6 is 0 Å². The number of unbranched alkanes of at least 4 members (excludes halogenated alkanes) is 14. The summed E-state index contributed by atoms with van der Waals surface area (Å²) in [6.07, 6.45) is 11.9. The third kappa shape index (κ3) is 33.1. The van der Waals surface area contributed by atoms with Gasteiger partial charge in [-0.1, -0.05) is 117 Å². The molecule has 0 aromatic rings. The molecular formula is C32H64N2Na4O11S. The van der Waals surface area contributed by atoms with Gasteiger partial charge < -0.3 is 25.4 Å². The first-order chi connectivity index (χ1) is 21.7. The van der Waals surface area contributed by atoms with Gasteiger partial charge >= 0.3 is 136 Å². The van der Waals surface area contributed by atoms with E-state index in [9.17, 15) is 47.5 Å². The number of rotatable bonds is 30. The quantitative estimate of drug-likeness (QED) is 0.0203. The van der Waals surface area contributed by atoms with Crippen LogP contribution in [0.1, 0.15) is 149 Å². The van der Waals surface area contributed by atoms with E-state index in [4.69, 9.17) is 10.5 Å². The molecule has 50 heavy (non-hydrogen) atoms. The summed E-state index contributed by atoms with van der Waals surface area (Å²) in [7, 11) is -5.15. The van der Waals surface area contributed by atoms with Crippen molar-refractivity contribution in [1.29, 1.82) is 0 Å². The number of hydrogen-bond donors (Lipinski definition) is 6. The Morgan fingerprint density at radius 1 is 0.660 bits per heavy atom. The molecule has 0 aliphatic rings. The molecule has 0 rings (SSSR count). The number of aliphatic hydroxyl groups is 1. The molecule has 5 unspecified atom stereocenters. The standard InChI is InChI=1S/C32H60N2O11S.4Na.4H/c1-3-5-7-9-11-13-15-17-19-24(31(38)39)21-27(33)45-29(36)23-26(46(42,43)44)30(37)34-28(35)22-25(32(40)41)20-18-16-14-12-10-8-6-4-2;;;;;;;;/h24-28,35H,3-23,33H2,1-2H3,(H,34,37)(H,38,39)(H,40,41)(H,42,43,44);;;;;;;;. The minimum atomic E-state index is -5.15. The van der Waals surface area contributed by atoms with Crippen LogP contribution in [-0.4, -0.2) is 188 Å². The van der Waals surface area contributed by atoms with Crippen LogP contribution in [0.2, 0.25) is 0 Å². The Morgan fingerprint density at radius 2 is 1.02 bits per heavy atom. The van der Waals surface area contributed by atoms with Crippen molar-refractivity contribution in [1.82, 2.24) is 5.32 Å². The van der Waals surface area contributed by atoms with Crippen molar-refractivity contribution < 1.29 is 52.2 Å². The molecule has 0 aliphatic heterocycles. The average molecular weight is 777 g/mol. The topological polar surface area (TPSA) is 231 Å². The van der Waals surface area contributed by atoms with E-state index in [1.807, 2.05) is 5.32 Å². The zero-order valence-corrected chi connectivity index (χ0v) is 28.7. The summed E-state index contributed by atoms with van der Waals surface area (Å²) in [4.78, 5) is 48.4. The van der Waals surface area contributed by atoms with Crippen molar-refractivity contribution in [3.05, 3.63) is 0 Å². The molecule has 0 heterocycles. The van der Waals surface area contributed by atoms with E-state index in [0.29, 0.717) is 19.3 Å². The molecule has 0 aromatic heterocycles. The van der Waals surface area contributed by atoms with Crippen molar-refractivity contribution in [3.8, 4) is 0 Å². The van der Waals surface area contributed by atoms with Crippen molar-refractivity contribution in [2.45, 2.75) is 166 Å². The third-order valence-corrected chi connectivity index (χ3v) is 9.23. The van der Waals surface area contributed by atoms with Gasteiger partial charge in [-0.2, -0.15) is 8.42 Å². The van der Waals surface area contributed by atoms with Crippen LogP contribution < -0.4 is 11.1 Å². The van der Waals surface area contributed by atoms with E-state index in [1.54, 1.807) is 0 Å². The number of carboxylic acids is 2. The Balaban J connectivity index is -0.00000169. The van der Waals surface area contributed by atoms with Gasteiger partial charge in [0.25, 0.3) is 10.1 Å². The zero-order chi connectivity index (χ0) is 35.0. The number of nitrogens with one attached hydrogen (secondary N) is 1. The third-order valence-electron chi connectivity index (χ3n) is 8.13. The molecule has 0 aromatic carbocycles. The van der Waals surface area contributed by atoms with E-state index in [1.165, 1.54) is 25.7 Å². The van der Waals surface area contributed by atoms with Crippen molar-refractivity contribution >= 4 is 152 Å². The molecule has 7 N–H and O–H groups in total. The molecule has 0 radical (unpaired) electrons. The summed E-state index contributed by atoms with van der Waals surface area (Å²) in [5.74, 6) is -6.88. The number of carbonyl (C=O) groups is 4. The first-order valence-corrected chi connectivity index (χ1v) is 18.6. The van der Waals surface area contributed by atoms with Crippen LogP contribution in [0.4, 0.5) is 0 Å². The van der Waals surface area contributed by atoms with E-state index in [0.717, 1.165) is 64.2 Å². The Morgan fingerprint density at radius 3 is 1.38 bits per heavy atom. The molecule has 0 fully saturated rings. The van der Waals surface area contributed by atoms with E-state index < -0.39 is 76.3 Å². The molecule has 18 heteroatoms. The number of nitrogens with two attached hydrogens (primary N) is 1. The molecule has 13 nitrogen and oxygen atoms in total. The van der Waals surface area contributed by atoms with Crippen LogP contribution in [0, 0.1) is 11.8 Å². The van der Waals surface area contributed by atoms with Gasteiger partial charge in [0, 0.05) is 12.8 Å². The number of ether oxygens (including phenoxy) is 1. The SMILES string of the molecule is CCCCCCCCCCC(CC(O)NC(=O)C(CC(=O)OC(N)CC(CCCCCCCCCC)C(=O)O)S(=O)(=O)O)C(=O)O.[NaH].[NaH].[NaH].[NaH]. The minimum absolute atomic E-state index is 0. The number of carbonyl (C=O) groups excluding carboxylic acids is 2. The summed E-state index contributed by atoms with van der Waals surface area (Å²) >= 11 is 0. The van der Waals surface area contributed by atoms with Crippen LogP contribution in [-0.2, 0) is 34.0 Å². The predicted molar refractivity (Wildman–Crippen MR) is 203 cm³/mol. The molecule has 5 atom stereocenters. The van der Waals surface area contributed by atoms with Gasteiger partial charge in [0.2, 0.25) is 5.91 Å². The van der Waals surface area contributed by atoms with E-state index >= 15 is 0 Å². The first-order valence-electron chi connectivity index (χ1n) is 17.1. The molecule has 0 saturated heterocycles. The Kier molecular flexibility index (Phi) is 45.9. The number of aliphatic hydroxyl groups excluding tert-OH is 1. The molecule has 0 saturated carbocycles. The van der Waals surface area contributed by atoms with Crippen LogP contribution in [0.25, 0.3) is 0 Å². The van der Waals surface area contributed by atoms with E-state index in [2.05, 4.69) is 13.8 Å². The summed E-state index contributed by atoms with van der Waals surface area (Å²) < 4.78 is 38.4. The van der Waals surface area contributed by atoms with Crippen LogP contribution in [0.3, 0.4) is 0 Å². The van der Waals surface area contributed by atoms with Gasteiger partial charge in [0.05, 0.1) is 18.3 Å². The summed E-state index contributed by atoms with van der Waals surface area (Å²) in [5.41, 5.74) is 5.81. The average Bonchev–Trinajstić information content (AvgIpc) is 2.96. The van der Waals surface area contributed by atoms with Gasteiger partial charge in [0.1, 0.15) is 6.23 Å². The van der Waals surface area contributed by atoms with Gasteiger partial charge in [-0.3, -0.25) is 29.5 Å². The number of esters is 1. The van der Waals surface area contributed by atoms with Crippen LogP contribution in [0.15, 0.2) is 0 Å². The maximum absolute atomic E-state index is 12.6. The fourth-order valence-corrected chi connectivity index (χ4v) is 6.03. The number of aliphatic carboxylic acids is 2. The monoisotopic (exact) mass is 776 g/mol. The van der Waals surface area contributed by atoms with Gasteiger partial charge in [-0.25, -0.2) is 0 Å². The van der Waals surface area contributed by atoms with Crippen molar-refractivity contribution in [3.63, 3.8) is 0 Å². The fourth-order valence-electron chi connectivity index (χ4n) is 5.35. The number of amides is 1. The first kappa shape index (κ1) is 60.9. The Labute approximate surface area is 388 Å². The second-order valence-corrected chi connectivity index (χ2v) is 13.9. The summed E-state index contributed by atoms with van der Waals surface area (Å²) in [6, 6.07) is 0. The molecular weight excluding hydrogens is 712 g/mol. The normalized spacial score (nSPS) is 13.8. The predicted octanol–water partition coefficient (Wildman–Crippen LogP) is 2.54. The summed E-state index contributed by atoms with van der Waals surface area (Å²) in [6.45, 7) is 4.28. The maximum atomic E-state index is 12.6. The zero-order valence-electron chi connectivity index (χ0n) is 27.9. The van der Waals surface area contributed by atoms with Gasteiger partial charge in [-0.15, -0.1) is 0 Å². The Bertz CT molecular complexity index is 997. The van der Waals surface area contributed by atoms with Crippen molar-refractivity contribution in [2.75, 3.05) is 0 Å². The molecule has 0 aliphatic carbocycles. The molecule has 0 spiro atoms. The molecule has 0 bridgehead atoms. The second-order valence-electron chi connectivity index (χ2n) is 12.3. The van der Waals surface area contributed by atoms with Crippen LogP contribution in [0.5, 0.6) is 0 Å². The Hall–Kier alpha value is 1.71. The molecule has 278 valence electrons. The number of hydrogen-bond acceptors (Lipinski definition) is 9. The second kappa shape index (κ2) is 37.6. The van der Waals surface area contributed by atoms with Gasteiger partial charge in [-0.05, 0) is 12.8 Å². The summed E-state index contributed by atoms with van der Waals surface area (Å²) in [5, 5.41) is 29.0. The molecule has 1 amide bonds. The number of carboxylic acid groups (broad SMARTS) is 2. The van der Waals surface area contributed by atoms with Crippen molar-refractivity contribution in [2.24, 2.45) is 17.6 Å². The fraction of sp³-hybridized carbons (Fsp3) is 0.875. The van der Waals surface area contributed by atoms with Gasteiger partial charge in [0.15, 0.2) is 11.5 Å².